The van der Waals surface area contributed by atoms with Gasteiger partial charge < -0.3 is 15.0 Å². The Morgan fingerprint density at radius 1 is 1.21 bits per heavy atom. The number of anilines is 2. The SMILES string of the molecule is COc1cc([N+](=O)[O-])ccc1NC(=O)[C@H](C)N1CCN(c2ccccc2Cl)CC1. The monoisotopic (exact) mass is 418 g/mol. The van der Waals surface area contributed by atoms with Crippen LogP contribution in [0, 0.1) is 10.1 Å². The number of halogens is 1. The van der Waals surface area contributed by atoms with Gasteiger partial charge in [-0.05, 0) is 25.1 Å². The zero-order valence-corrected chi connectivity index (χ0v) is 17.1. The fourth-order valence-electron chi connectivity index (χ4n) is 3.36. The van der Waals surface area contributed by atoms with E-state index in [1.54, 1.807) is 0 Å². The summed E-state index contributed by atoms with van der Waals surface area (Å²) in [6, 6.07) is 11.5. The molecule has 1 N–H and O–H groups in total. The topological polar surface area (TPSA) is 87.9 Å². The molecule has 0 radical (unpaired) electrons. The molecule has 2 aromatic carbocycles. The van der Waals surface area contributed by atoms with Crippen LogP contribution in [0.1, 0.15) is 6.92 Å². The lowest BCUT2D eigenvalue weighted by molar-refractivity contribution is -0.384. The summed E-state index contributed by atoms with van der Waals surface area (Å²) in [5.41, 5.74) is 1.31. The molecule has 0 aromatic heterocycles. The molecule has 8 nitrogen and oxygen atoms in total. The number of hydrogen-bond acceptors (Lipinski definition) is 6. The van der Waals surface area contributed by atoms with Gasteiger partial charge in [0.1, 0.15) is 5.75 Å². The number of rotatable bonds is 6. The minimum Gasteiger partial charge on any atom is -0.494 e. The number of amides is 1. The van der Waals surface area contributed by atoms with Gasteiger partial charge in [-0.2, -0.15) is 0 Å². The van der Waals surface area contributed by atoms with Gasteiger partial charge in [0.15, 0.2) is 0 Å². The third-order valence-corrected chi connectivity index (χ3v) is 5.41. The molecule has 1 aliphatic rings. The molecule has 0 unspecified atom stereocenters. The molecule has 1 saturated heterocycles. The lowest BCUT2D eigenvalue weighted by Crippen LogP contribution is -2.52. The number of nitro groups is 1. The number of nitro benzene ring substituents is 1. The number of carbonyl (C=O) groups excluding carboxylic acids is 1. The van der Waals surface area contributed by atoms with Gasteiger partial charge in [-0.3, -0.25) is 19.8 Å². The van der Waals surface area contributed by atoms with E-state index < -0.39 is 4.92 Å². The lowest BCUT2D eigenvalue weighted by Gasteiger charge is -2.38. The van der Waals surface area contributed by atoms with Crippen LogP contribution in [0.25, 0.3) is 0 Å². The van der Waals surface area contributed by atoms with Crippen LogP contribution in [-0.2, 0) is 4.79 Å². The molecule has 0 bridgehead atoms. The Morgan fingerprint density at radius 3 is 2.52 bits per heavy atom. The second-order valence-corrected chi connectivity index (χ2v) is 7.19. The zero-order valence-electron chi connectivity index (χ0n) is 16.3. The van der Waals surface area contributed by atoms with E-state index in [1.807, 2.05) is 31.2 Å². The van der Waals surface area contributed by atoms with Crippen LogP contribution in [0.5, 0.6) is 5.75 Å². The quantitative estimate of drug-likeness (QED) is 0.571. The van der Waals surface area contributed by atoms with Gasteiger partial charge in [0.25, 0.3) is 5.69 Å². The highest BCUT2D eigenvalue weighted by atomic mass is 35.5. The van der Waals surface area contributed by atoms with Crippen LogP contribution in [0.4, 0.5) is 17.1 Å². The molecular weight excluding hydrogens is 396 g/mol. The third kappa shape index (κ3) is 4.78. The van der Waals surface area contributed by atoms with Gasteiger partial charge in [0.2, 0.25) is 5.91 Å². The summed E-state index contributed by atoms with van der Waals surface area (Å²) < 4.78 is 5.18. The van der Waals surface area contributed by atoms with E-state index in [2.05, 4.69) is 15.1 Å². The van der Waals surface area contributed by atoms with Crippen molar-refractivity contribution in [1.82, 2.24) is 4.90 Å². The number of nitrogens with one attached hydrogen (secondary N) is 1. The Balaban J connectivity index is 1.61. The first kappa shape index (κ1) is 20.9. The summed E-state index contributed by atoms with van der Waals surface area (Å²) in [5.74, 6) is 0.0617. The number of carbonyl (C=O) groups is 1. The van der Waals surface area contributed by atoms with Gasteiger partial charge in [-0.25, -0.2) is 0 Å². The summed E-state index contributed by atoms with van der Waals surface area (Å²) in [6.45, 7) is 4.82. The highest BCUT2D eigenvalue weighted by molar-refractivity contribution is 6.33. The molecule has 154 valence electrons. The van der Waals surface area contributed by atoms with Gasteiger partial charge in [-0.15, -0.1) is 0 Å². The average Bonchev–Trinajstić information content (AvgIpc) is 2.73. The summed E-state index contributed by atoms with van der Waals surface area (Å²) >= 11 is 6.28. The summed E-state index contributed by atoms with van der Waals surface area (Å²) in [4.78, 5) is 27.4. The number of methoxy groups -OCH3 is 1. The second kappa shape index (κ2) is 9.11. The van der Waals surface area contributed by atoms with E-state index >= 15 is 0 Å². The molecule has 9 heteroatoms. The molecule has 1 atom stereocenters. The van der Waals surface area contributed by atoms with E-state index in [1.165, 1.54) is 25.3 Å². The third-order valence-electron chi connectivity index (χ3n) is 5.09. The molecule has 0 spiro atoms. The average molecular weight is 419 g/mol. The Labute approximate surface area is 174 Å². The molecule has 1 amide bonds. The van der Waals surface area contributed by atoms with Crippen LogP contribution in [0.15, 0.2) is 42.5 Å². The maximum absolute atomic E-state index is 12.7. The summed E-state index contributed by atoms with van der Waals surface area (Å²) in [6.07, 6.45) is 0. The number of nitrogens with zero attached hydrogens (tertiary/aromatic N) is 3. The van der Waals surface area contributed by atoms with E-state index in [0.717, 1.165) is 36.9 Å². The van der Waals surface area contributed by atoms with Gasteiger partial charge in [-0.1, -0.05) is 23.7 Å². The molecule has 3 rings (SSSR count). The normalized spacial score (nSPS) is 15.6. The van der Waals surface area contributed by atoms with Crippen LogP contribution >= 0.6 is 11.6 Å². The van der Waals surface area contributed by atoms with Crippen LogP contribution in [0.3, 0.4) is 0 Å². The zero-order chi connectivity index (χ0) is 21.0. The highest BCUT2D eigenvalue weighted by Gasteiger charge is 2.27. The standard InChI is InChI=1S/C20H23ClN4O4/c1-14(20(26)22-17-8-7-15(25(27)28)13-19(17)29-2)23-9-11-24(12-10-23)18-6-4-3-5-16(18)21/h3-8,13-14H,9-12H2,1-2H3,(H,22,26)/t14-/m0/s1. The molecule has 29 heavy (non-hydrogen) atoms. The minimum atomic E-state index is -0.505. The fraction of sp³-hybridized carbons (Fsp3) is 0.350. The number of para-hydroxylation sites is 1. The molecule has 2 aromatic rings. The number of non-ortho nitro benzene ring substituents is 1. The Hall–Kier alpha value is -2.84. The van der Waals surface area contributed by atoms with Crippen LogP contribution in [-0.4, -0.2) is 55.1 Å². The maximum atomic E-state index is 12.7. The van der Waals surface area contributed by atoms with E-state index in [4.69, 9.17) is 16.3 Å². The summed E-state index contributed by atoms with van der Waals surface area (Å²) in [5, 5.41) is 14.4. The number of benzene rings is 2. The number of piperazine rings is 1. The van der Waals surface area contributed by atoms with Crippen molar-refractivity contribution >= 4 is 34.6 Å². The van der Waals surface area contributed by atoms with E-state index in [-0.39, 0.29) is 23.4 Å². The van der Waals surface area contributed by atoms with Crippen LogP contribution < -0.4 is 15.0 Å². The van der Waals surface area contributed by atoms with Gasteiger partial charge >= 0.3 is 0 Å². The lowest BCUT2D eigenvalue weighted by atomic mass is 10.2. The summed E-state index contributed by atoms with van der Waals surface area (Å²) in [7, 11) is 1.41. The highest BCUT2D eigenvalue weighted by Crippen LogP contribution is 2.30. The molecule has 1 heterocycles. The largest absolute Gasteiger partial charge is 0.494 e. The predicted molar refractivity (Wildman–Crippen MR) is 113 cm³/mol. The van der Waals surface area contributed by atoms with Crippen molar-refractivity contribution in [3.8, 4) is 5.75 Å². The van der Waals surface area contributed by atoms with Crippen molar-refractivity contribution in [2.24, 2.45) is 0 Å². The smallest absolute Gasteiger partial charge is 0.273 e. The first-order valence-electron chi connectivity index (χ1n) is 9.27. The van der Waals surface area contributed by atoms with Gasteiger partial charge in [0.05, 0.1) is 40.5 Å². The van der Waals surface area contributed by atoms with E-state index in [0.29, 0.717) is 5.69 Å². The van der Waals surface area contributed by atoms with Crippen molar-refractivity contribution in [1.29, 1.82) is 0 Å². The predicted octanol–water partition coefficient (Wildman–Crippen LogP) is 3.41. The first-order chi connectivity index (χ1) is 13.9. The Morgan fingerprint density at radius 2 is 1.90 bits per heavy atom. The fourth-order valence-corrected chi connectivity index (χ4v) is 3.61. The van der Waals surface area contributed by atoms with Crippen molar-refractivity contribution in [3.63, 3.8) is 0 Å². The minimum absolute atomic E-state index is 0.0939. The molecular formula is C20H23ClN4O4. The van der Waals surface area contributed by atoms with Crippen molar-refractivity contribution in [2.45, 2.75) is 13.0 Å². The van der Waals surface area contributed by atoms with E-state index in [9.17, 15) is 14.9 Å². The Bertz CT molecular complexity index is 900. The van der Waals surface area contributed by atoms with Crippen LogP contribution in [0.2, 0.25) is 5.02 Å². The van der Waals surface area contributed by atoms with Gasteiger partial charge in [0, 0.05) is 32.2 Å². The van der Waals surface area contributed by atoms with Crippen molar-refractivity contribution in [2.75, 3.05) is 43.5 Å². The van der Waals surface area contributed by atoms with Crippen molar-refractivity contribution in [3.05, 3.63) is 57.6 Å². The number of hydrogen-bond donors (Lipinski definition) is 1. The maximum Gasteiger partial charge on any atom is 0.273 e. The molecule has 1 fully saturated rings. The molecule has 1 aliphatic heterocycles. The second-order valence-electron chi connectivity index (χ2n) is 6.78. The number of ether oxygens (including phenoxy) is 1. The first-order valence-corrected chi connectivity index (χ1v) is 9.65. The Kier molecular flexibility index (Phi) is 6.56. The molecule has 0 saturated carbocycles. The van der Waals surface area contributed by atoms with Crippen molar-refractivity contribution < 1.29 is 14.5 Å². The molecule has 0 aliphatic carbocycles.